The average Bonchev–Trinajstić information content (AvgIpc) is 2.51. The van der Waals surface area contributed by atoms with E-state index in [9.17, 15) is 4.79 Å². The van der Waals surface area contributed by atoms with E-state index in [4.69, 9.17) is 4.74 Å². The summed E-state index contributed by atoms with van der Waals surface area (Å²) >= 11 is 0. The van der Waals surface area contributed by atoms with Crippen molar-refractivity contribution in [1.29, 1.82) is 0 Å². The molecule has 0 bridgehead atoms. The van der Waals surface area contributed by atoms with Crippen LogP contribution in [-0.2, 0) is 4.79 Å². The Morgan fingerprint density at radius 1 is 1.17 bits per heavy atom. The summed E-state index contributed by atoms with van der Waals surface area (Å²) in [6, 6.07) is 8.21. The van der Waals surface area contributed by atoms with Crippen LogP contribution < -0.4 is 4.74 Å². The Balaban J connectivity index is 2.73. The van der Waals surface area contributed by atoms with Gasteiger partial charge in [-0.25, -0.2) is 0 Å². The molecule has 0 spiro atoms. The van der Waals surface area contributed by atoms with Crippen molar-refractivity contribution in [2.75, 3.05) is 7.11 Å². The Labute approximate surface area is 143 Å². The van der Waals surface area contributed by atoms with Crippen molar-refractivity contribution in [2.45, 2.75) is 64.2 Å². The van der Waals surface area contributed by atoms with E-state index in [2.05, 4.69) is 38.7 Å². The van der Waals surface area contributed by atoms with Gasteiger partial charge in [0, 0.05) is 6.42 Å². The number of rotatable bonds is 10. The van der Waals surface area contributed by atoms with Crippen LogP contribution in [0.15, 0.2) is 36.4 Å². The minimum atomic E-state index is -1.47. The van der Waals surface area contributed by atoms with Crippen LogP contribution in [0, 0.1) is 0 Å². The van der Waals surface area contributed by atoms with Crippen LogP contribution in [-0.4, -0.2) is 21.0 Å². The predicted molar refractivity (Wildman–Crippen MR) is 102 cm³/mol. The second kappa shape index (κ2) is 9.71. The van der Waals surface area contributed by atoms with Gasteiger partial charge >= 0.3 is 0 Å². The van der Waals surface area contributed by atoms with Gasteiger partial charge in [-0.1, -0.05) is 57.6 Å². The lowest BCUT2D eigenvalue weighted by Crippen LogP contribution is -2.32. The third-order valence-corrected chi connectivity index (χ3v) is 6.88. The van der Waals surface area contributed by atoms with Crippen LogP contribution in [0.1, 0.15) is 50.1 Å². The summed E-state index contributed by atoms with van der Waals surface area (Å²) in [7, 11) is 0.205. The highest BCUT2D eigenvalue weighted by Crippen LogP contribution is 2.31. The number of hydrogen-bond acceptors (Lipinski definition) is 2. The molecule has 1 atom stereocenters. The first-order valence-electron chi connectivity index (χ1n) is 8.71. The molecule has 0 aliphatic heterocycles. The van der Waals surface area contributed by atoms with Crippen LogP contribution in [0.3, 0.4) is 0 Å². The lowest BCUT2D eigenvalue weighted by Gasteiger charge is -2.28. The van der Waals surface area contributed by atoms with Crippen molar-refractivity contribution in [3.05, 3.63) is 42.0 Å². The standard InChI is InChI=1S/C20H32O2Si/c1-6-7-8-9-10-11-18(21)16-20(23(3,4)5)17-12-14-19(22-2)15-13-17/h10-15,20H,6-9,16H2,1-5H3/b11-10+/t20-/m0/s1. The number of benzene rings is 1. The zero-order chi connectivity index (χ0) is 17.3. The molecule has 0 aliphatic carbocycles. The maximum Gasteiger partial charge on any atom is 0.155 e. The zero-order valence-electron chi connectivity index (χ0n) is 15.4. The first-order valence-corrected chi connectivity index (χ1v) is 12.3. The minimum Gasteiger partial charge on any atom is -0.497 e. The van der Waals surface area contributed by atoms with Gasteiger partial charge in [-0.15, -0.1) is 0 Å². The smallest absolute Gasteiger partial charge is 0.155 e. The second-order valence-corrected chi connectivity index (χ2v) is 12.7. The molecule has 0 fully saturated rings. The third kappa shape index (κ3) is 7.17. The van der Waals surface area contributed by atoms with Crippen LogP contribution in [0.5, 0.6) is 5.75 Å². The Morgan fingerprint density at radius 2 is 1.83 bits per heavy atom. The van der Waals surface area contributed by atoms with E-state index in [-0.39, 0.29) is 5.78 Å². The minimum absolute atomic E-state index is 0.254. The second-order valence-electron chi connectivity index (χ2n) is 7.26. The van der Waals surface area contributed by atoms with Crippen molar-refractivity contribution in [1.82, 2.24) is 0 Å². The monoisotopic (exact) mass is 332 g/mol. The molecule has 0 aromatic heterocycles. The molecule has 0 aliphatic rings. The molecule has 1 rings (SSSR count). The van der Waals surface area contributed by atoms with Gasteiger partial charge in [0.25, 0.3) is 0 Å². The highest BCUT2D eigenvalue weighted by Gasteiger charge is 2.29. The van der Waals surface area contributed by atoms with Crippen molar-refractivity contribution < 1.29 is 9.53 Å². The molecular weight excluding hydrogens is 300 g/mol. The molecule has 3 heteroatoms. The highest BCUT2D eigenvalue weighted by molar-refractivity contribution is 6.77. The summed E-state index contributed by atoms with van der Waals surface area (Å²) in [4.78, 5) is 12.3. The summed E-state index contributed by atoms with van der Waals surface area (Å²) in [5, 5.41) is 0. The Hall–Kier alpha value is -1.35. The summed E-state index contributed by atoms with van der Waals surface area (Å²) in [6.07, 6.45) is 9.11. The van der Waals surface area contributed by atoms with Gasteiger partial charge in [0.2, 0.25) is 0 Å². The lowest BCUT2D eigenvalue weighted by molar-refractivity contribution is -0.114. The fraction of sp³-hybridized carbons (Fsp3) is 0.550. The molecule has 0 saturated carbocycles. The van der Waals surface area contributed by atoms with Crippen molar-refractivity contribution >= 4 is 13.9 Å². The summed E-state index contributed by atoms with van der Waals surface area (Å²) < 4.78 is 5.23. The van der Waals surface area contributed by atoms with Gasteiger partial charge in [-0.2, -0.15) is 0 Å². The Morgan fingerprint density at radius 3 is 2.35 bits per heavy atom. The molecule has 1 aromatic rings. The molecular formula is C20H32O2Si. The summed E-state index contributed by atoms with van der Waals surface area (Å²) in [6.45, 7) is 9.20. The number of carbonyl (C=O) groups is 1. The quantitative estimate of drug-likeness (QED) is 0.310. The van der Waals surface area contributed by atoms with Crippen molar-refractivity contribution in [3.8, 4) is 5.75 Å². The van der Waals surface area contributed by atoms with E-state index in [1.165, 1.54) is 24.8 Å². The van der Waals surface area contributed by atoms with Crippen LogP contribution >= 0.6 is 0 Å². The fourth-order valence-electron chi connectivity index (χ4n) is 2.76. The van der Waals surface area contributed by atoms with Crippen LogP contribution in [0.2, 0.25) is 19.6 Å². The topological polar surface area (TPSA) is 26.3 Å². The fourth-order valence-corrected chi connectivity index (χ4v) is 4.76. The maximum atomic E-state index is 12.3. The van der Waals surface area contributed by atoms with E-state index < -0.39 is 8.07 Å². The molecule has 0 radical (unpaired) electrons. The largest absolute Gasteiger partial charge is 0.497 e. The molecule has 0 unspecified atom stereocenters. The maximum absolute atomic E-state index is 12.3. The number of carbonyl (C=O) groups excluding carboxylic acids is 1. The van der Waals surface area contributed by atoms with E-state index in [0.29, 0.717) is 12.0 Å². The first-order chi connectivity index (χ1) is 10.9. The lowest BCUT2D eigenvalue weighted by atomic mass is 10.1. The molecule has 0 N–H and O–H groups in total. The van der Waals surface area contributed by atoms with Gasteiger partial charge in [-0.05, 0) is 42.2 Å². The van der Waals surface area contributed by atoms with E-state index in [1.807, 2.05) is 18.2 Å². The van der Waals surface area contributed by atoms with Crippen molar-refractivity contribution in [3.63, 3.8) is 0 Å². The number of hydrogen-bond donors (Lipinski definition) is 0. The summed E-state index contributed by atoms with van der Waals surface area (Å²) in [5.74, 6) is 1.12. The van der Waals surface area contributed by atoms with E-state index in [0.717, 1.165) is 12.2 Å². The zero-order valence-corrected chi connectivity index (χ0v) is 16.4. The number of ketones is 1. The number of unbranched alkanes of at least 4 members (excludes halogenated alkanes) is 3. The molecule has 0 amide bonds. The van der Waals surface area contributed by atoms with E-state index in [1.54, 1.807) is 13.2 Å². The number of allylic oxidation sites excluding steroid dienone is 2. The number of methoxy groups -OCH3 is 1. The van der Waals surface area contributed by atoms with Gasteiger partial charge in [0.05, 0.1) is 15.2 Å². The predicted octanol–water partition coefficient (Wildman–Crippen LogP) is 5.75. The average molecular weight is 333 g/mol. The molecule has 0 saturated heterocycles. The summed E-state index contributed by atoms with van der Waals surface area (Å²) in [5.41, 5.74) is 1.61. The van der Waals surface area contributed by atoms with Gasteiger partial charge in [0.1, 0.15) is 5.75 Å². The van der Waals surface area contributed by atoms with Crippen LogP contribution in [0.25, 0.3) is 0 Å². The molecule has 2 nitrogen and oxygen atoms in total. The van der Waals surface area contributed by atoms with Crippen molar-refractivity contribution in [2.24, 2.45) is 0 Å². The first kappa shape index (κ1) is 19.7. The third-order valence-electron chi connectivity index (χ3n) is 4.25. The Bertz CT molecular complexity index is 497. The highest BCUT2D eigenvalue weighted by atomic mass is 28.3. The number of ether oxygens (including phenoxy) is 1. The normalized spacial score (nSPS) is 13.3. The van der Waals surface area contributed by atoms with Gasteiger partial charge < -0.3 is 4.74 Å². The molecule has 0 heterocycles. The molecule has 1 aromatic carbocycles. The van der Waals surface area contributed by atoms with Gasteiger partial charge in [-0.3, -0.25) is 4.79 Å². The molecule has 23 heavy (non-hydrogen) atoms. The molecule has 128 valence electrons. The van der Waals surface area contributed by atoms with Crippen LogP contribution in [0.4, 0.5) is 0 Å². The van der Waals surface area contributed by atoms with E-state index >= 15 is 0 Å². The SMILES string of the molecule is CCCCC/C=C/C(=O)C[C@@H](c1ccc(OC)cc1)[Si](C)(C)C. The van der Waals surface area contributed by atoms with Gasteiger partial charge in [0.15, 0.2) is 5.78 Å². The Kier molecular flexibility index (Phi) is 8.32.